The first-order valence-electron chi connectivity index (χ1n) is 11.7. The molecule has 10 heteroatoms. The predicted octanol–water partition coefficient (Wildman–Crippen LogP) is 4.48. The topological polar surface area (TPSA) is 75.2 Å². The van der Waals surface area contributed by atoms with Gasteiger partial charge in [0, 0.05) is 44.6 Å². The Bertz CT molecular complexity index is 1160. The third kappa shape index (κ3) is 6.10. The summed E-state index contributed by atoms with van der Waals surface area (Å²) in [6.45, 7) is 5.92. The van der Waals surface area contributed by atoms with E-state index in [0.29, 0.717) is 42.2 Å². The van der Waals surface area contributed by atoms with Gasteiger partial charge in [0.25, 0.3) is 0 Å². The van der Waals surface area contributed by atoms with Crippen LogP contribution in [-0.4, -0.2) is 73.6 Å². The molecule has 2 fully saturated rings. The summed E-state index contributed by atoms with van der Waals surface area (Å²) in [5, 5.41) is 0.742. The lowest BCUT2D eigenvalue weighted by Gasteiger charge is -2.26. The van der Waals surface area contributed by atoms with Crippen LogP contribution in [0.15, 0.2) is 36.7 Å². The van der Waals surface area contributed by atoms with Crippen molar-refractivity contribution in [2.75, 3.05) is 52.7 Å². The fraction of sp³-hybridized carbons (Fsp3) is 0.440. The van der Waals surface area contributed by atoms with Gasteiger partial charge in [0.05, 0.1) is 37.0 Å². The van der Waals surface area contributed by atoms with E-state index in [2.05, 4.69) is 14.9 Å². The highest BCUT2D eigenvalue weighted by Gasteiger charge is 2.21. The Morgan fingerprint density at radius 1 is 1.00 bits per heavy atom. The molecule has 5 rings (SSSR count). The van der Waals surface area contributed by atoms with Crippen LogP contribution in [0.25, 0.3) is 10.9 Å². The maximum absolute atomic E-state index is 13.5. The van der Waals surface area contributed by atoms with Gasteiger partial charge < -0.3 is 23.7 Å². The van der Waals surface area contributed by atoms with Crippen LogP contribution in [0.3, 0.4) is 0 Å². The molecule has 0 N–H and O–H groups in total. The Balaban J connectivity index is 1.43. The normalized spacial score (nSPS) is 17.4. The van der Waals surface area contributed by atoms with E-state index in [4.69, 9.17) is 35.3 Å². The van der Waals surface area contributed by atoms with Crippen molar-refractivity contribution in [3.8, 4) is 23.1 Å². The summed E-state index contributed by atoms with van der Waals surface area (Å²) in [6.07, 6.45) is 2.94. The summed E-state index contributed by atoms with van der Waals surface area (Å²) < 4.78 is 42.9. The van der Waals surface area contributed by atoms with E-state index in [9.17, 15) is 4.39 Å². The van der Waals surface area contributed by atoms with Gasteiger partial charge in [-0.3, -0.25) is 4.90 Å². The molecule has 35 heavy (non-hydrogen) atoms. The van der Waals surface area contributed by atoms with Gasteiger partial charge in [-0.15, -0.1) is 0 Å². The number of benzene rings is 2. The number of morpholine rings is 1. The summed E-state index contributed by atoms with van der Waals surface area (Å²) in [6, 6.07) is 7.63. The van der Waals surface area contributed by atoms with Crippen molar-refractivity contribution >= 4 is 22.5 Å². The second-order valence-electron chi connectivity index (χ2n) is 8.40. The Kier molecular flexibility index (Phi) is 7.78. The molecule has 0 aliphatic carbocycles. The minimum Gasteiger partial charge on any atom is -0.492 e. The number of rotatable bonds is 8. The molecule has 3 heterocycles. The molecule has 1 aromatic heterocycles. The maximum atomic E-state index is 13.5. The zero-order valence-electron chi connectivity index (χ0n) is 19.3. The summed E-state index contributed by atoms with van der Waals surface area (Å²) in [4.78, 5) is 11.1. The predicted molar refractivity (Wildman–Crippen MR) is 128 cm³/mol. The molecule has 186 valence electrons. The van der Waals surface area contributed by atoms with Crippen molar-refractivity contribution in [1.82, 2.24) is 14.9 Å². The summed E-state index contributed by atoms with van der Waals surface area (Å²) >= 11 is 6.19. The van der Waals surface area contributed by atoms with Gasteiger partial charge in [-0.2, -0.15) is 0 Å². The third-order valence-corrected chi connectivity index (χ3v) is 6.28. The quantitative estimate of drug-likeness (QED) is 0.445. The molecule has 2 aliphatic rings. The Morgan fingerprint density at radius 3 is 2.60 bits per heavy atom. The number of ether oxygens (including phenoxy) is 5. The zero-order valence-corrected chi connectivity index (χ0v) is 20.0. The van der Waals surface area contributed by atoms with E-state index in [1.165, 1.54) is 24.5 Å². The smallest absolute Gasteiger partial charge is 0.234 e. The van der Waals surface area contributed by atoms with Crippen molar-refractivity contribution in [3.63, 3.8) is 0 Å². The van der Waals surface area contributed by atoms with Crippen LogP contribution in [0.5, 0.6) is 23.1 Å². The summed E-state index contributed by atoms with van der Waals surface area (Å²) in [5.41, 5.74) is 0.610. The monoisotopic (exact) mass is 503 g/mol. The lowest BCUT2D eigenvalue weighted by Crippen LogP contribution is -2.38. The number of hydrogen-bond acceptors (Lipinski definition) is 8. The fourth-order valence-electron chi connectivity index (χ4n) is 4.11. The van der Waals surface area contributed by atoms with Gasteiger partial charge in [-0.1, -0.05) is 11.6 Å². The first-order chi connectivity index (χ1) is 17.2. The van der Waals surface area contributed by atoms with Crippen LogP contribution in [0.1, 0.15) is 12.8 Å². The lowest BCUT2D eigenvalue weighted by atomic mass is 10.1. The molecule has 2 aliphatic heterocycles. The SMILES string of the molecule is Fc1ccc(Oc2ncnc3cc(OCCN4CCOCC4)cc(OC4CCOCC4)c23)c(Cl)c1. The van der Waals surface area contributed by atoms with Crippen LogP contribution in [0.2, 0.25) is 5.02 Å². The molecular weight excluding hydrogens is 477 g/mol. The molecule has 8 nitrogen and oxygen atoms in total. The Hall–Kier alpha value is -2.72. The minimum absolute atomic E-state index is 0.0157. The first-order valence-corrected chi connectivity index (χ1v) is 12.1. The largest absolute Gasteiger partial charge is 0.492 e. The molecule has 0 spiro atoms. The summed E-state index contributed by atoms with van der Waals surface area (Å²) in [5.74, 6) is 1.32. The number of halogens is 2. The highest BCUT2D eigenvalue weighted by Crippen LogP contribution is 2.39. The van der Waals surface area contributed by atoms with Crippen molar-refractivity contribution in [3.05, 3.63) is 47.5 Å². The number of hydrogen-bond donors (Lipinski definition) is 0. The average Bonchev–Trinajstić information content (AvgIpc) is 2.87. The van der Waals surface area contributed by atoms with Crippen LogP contribution in [0.4, 0.5) is 4.39 Å². The Labute approximate surface area is 207 Å². The van der Waals surface area contributed by atoms with E-state index in [-0.39, 0.29) is 22.8 Å². The molecular formula is C25H27ClFN3O5. The second kappa shape index (κ2) is 11.3. The van der Waals surface area contributed by atoms with Crippen molar-refractivity contribution in [1.29, 1.82) is 0 Å². The van der Waals surface area contributed by atoms with Gasteiger partial charge in [0.2, 0.25) is 5.88 Å². The van der Waals surface area contributed by atoms with Gasteiger partial charge >= 0.3 is 0 Å². The zero-order chi connectivity index (χ0) is 24.0. The van der Waals surface area contributed by atoms with E-state index in [1.54, 1.807) is 0 Å². The molecule has 0 saturated carbocycles. The molecule has 2 aromatic carbocycles. The lowest BCUT2D eigenvalue weighted by molar-refractivity contribution is 0.0259. The van der Waals surface area contributed by atoms with E-state index in [1.807, 2.05) is 12.1 Å². The second-order valence-corrected chi connectivity index (χ2v) is 8.81. The van der Waals surface area contributed by atoms with Crippen LogP contribution >= 0.6 is 11.6 Å². The van der Waals surface area contributed by atoms with Crippen LogP contribution in [-0.2, 0) is 9.47 Å². The average molecular weight is 504 g/mol. The molecule has 0 unspecified atom stereocenters. The molecule has 0 radical (unpaired) electrons. The van der Waals surface area contributed by atoms with E-state index < -0.39 is 5.82 Å². The standard InChI is InChI=1S/C25H27ClFN3O5/c26-20-13-17(27)1-2-22(20)35-25-24-21(28-16-29-25)14-19(33-12-7-30-5-10-32-11-6-30)15-23(24)34-18-3-8-31-9-4-18/h1-2,13-16,18H,3-12H2. The van der Waals surface area contributed by atoms with Gasteiger partial charge in [-0.25, -0.2) is 14.4 Å². The van der Waals surface area contributed by atoms with Crippen molar-refractivity contribution in [2.45, 2.75) is 18.9 Å². The van der Waals surface area contributed by atoms with E-state index in [0.717, 1.165) is 45.7 Å². The molecule has 0 atom stereocenters. The highest BCUT2D eigenvalue weighted by atomic mass is 35.5. The van der Waals surface area contributed by atoms with Crippen LogP contribution in [0, 0.1) is 5.82 Å². The highest BCUT2D eigenvalue weighted by molar-refractivity contribution is 6.32. The number of aromatic nitrogens is 2. The Morgan fingerprint density at radius 2 is 1.80 bits per heavy atom. The molecule has 0 amide bonds. The molecule has 2 saturated heterocycles. The van der Waals surface area contributed by atoms with Gasteiger partial charge in [-0.05, 0) is 18.2 Å². The maximum Gasteiger partial charge on any atom is 0.234 e. The van der Waals surface area contributed by atoms with Gasteiger partial charge in [0.15, 0.2) is 0 Å². The number of fused-ring (bicyclic) bond motifs is 1. The minimum atomic E-state index is -0.447. The van der Waals surface area contributed by atoms with Crippen molar-refractivity contribution < 1.29 is 28.1 Å². The molecule has 0 bridgehead atoms. The third-order valence-electron chi connectivity index (χ3n) is 5.98. The molecule has 3 aromatic rings. The van der Waals surface area contributed by atoms with Gasteiger partial charge in [0.1, 0.15) is 47.5 Å². The fourth-order valence-corrected chi connectivity index (χ4v) is 4.31. The summed E-state index contributed by atoms with van der Waals surface area (Å²) in [7, 11) is 0. The van der Waals surface area contributed by atoms with E-state index >= 15 is 0 Å². The number of nitrogens with zero attached hydrogens (tertiary/aromatic N) is 3. The van der Waals surface area contributed by atoms with Crippen LogP contribution < -0.4 is 14.2 Å². The van der Waals surface area contributed by atoms with Crippen molar-refractivity contribution in [2.24, 2.45) is 0 Å². The first kappa shape index (κ1) is 24.0.